The van der Waals surface area contributed by atoms with Crippen LogP contribution in [0.3, 0.4) is 0 Å². The monoisotopic (exact) mass is 268 g/mol. The summed E-state index contributed by atoms with van der Waals surface area (Å²) in [5, 5.41) is 16.9. The van der Waals surface area contributed by atoms with Gasteiger partial charge in [-0.05, 0) is 24.8 Å². The Hall–Kier alpha value is -0.900. The summed E-state index contributed by atoms with van der Waals surface area (Å²) in [7, 11) is 1.00. The molecule has 110 valence electrons. The van der Waals surface area contributed by atoms with Gasteiger partial charge in [-0.1, -0.05) is 50.6 Å². The van der Waals surface area contributed by atoms with Crippen LogP contribution in [0.15, 0.2) is 30.3 Å². The zero-order valence-electron chi connectivity index (χ0n) is 12.4. The van der Waals surface area contributed by atoms with Crippen LogP contribution in [0.4, 0.5) is 0 Å². The van der Waals surface area contributed by atoms with Gasteiger partial charge < -0.3 is 14.9 Å². The standard InChI is InChI=1S/C12H16O2.C3H8.CH4O/c13-11-8-4-5-9-14-12(11)10-6-2-1-3-7-10;1-3-2;1-2/h1-3,6-7,11-13H,4-5,8-9H2;3H2,1-2H3;2H,1H3. The fourth-order valence-electron chi connectivity index (χ4n) is 1.89. The Morgan fingerprint density at radius 1 is 1.11 bits per heavy atom. The minimum absolute atomic E-state index is 0.126. The van der Waals surface area contributed by atoms with Gasteiger partial charge in [0.1, 0.15) is 6.10 Å². The van der Waals surface area contributed by atoms with Gasteiger partial charge in [-0.25, -0.2) is 0 Å². The first-order valence-corrected chi connectivity index (χ1v) is 7.08. The molecule has 0 amide bonds. The molecule has 0 aromatic heterocycles. The zero-order chi connectivity index (χ0) is 14.5. The van der Waals surface area contributed by atoms with Crippen molar-refractivity contribution in [3.63, 3.8) is 0 Å². The van der Waals surface area contributed by atoms with Crippen molar-refractivity contribution in [1.29, 1.82) is 0 Å². The Morgan fingerprint density at radius 2 is 1.68 bits per heavy atom. The molecule has 3 nitrogen and oxygen atoms in total. The van der Waals surface area contributed by atoms with Gasteiger partial charge in [0.25, 0.3) is 0 Å². The lowest BCUT2D eigenvalue weighted by Crippen LogP contribution is -2.19. The van der Waals surface area contributed by atoms with E-state index in [1.165, 1.54) is 6.42 Å². The molecule has 1 aromatic rings. The number of benzene rings is 1. The lowest BCUT2D eigenvalue weighted by atomic mass is 10.0. The molecule has 1 saturated heterocycles. The summed E-state index contributed by atoms with van der Waals surface area (Å²) < 4.78 is 5.65. The van der Waals surface area contributed by atoms with Crippen molar-refractivity contribution in [2.45, 2.75) is 51.7 Å². The maximum atomic E-state index is 9.88. The van der Waals surface area contributed by atoms with Crippen molar-refractivity contribution in [3.8, 4) is 0 Å². The highest BCUT2D eigenvalue weighted by Gasteiger charge is 2.23. The number of hydrogen-bond acceptors (Lipinski definition) is 3. The molecule has 2 atom stereocenters. The van der Waals surface area contributed by atoms with Crippen molar-refractivity contribution >= 4 is 0 Å². The van der Waals surface area contributed by atoms with Gasteiger partial charge >= 0.3 is 0 Å². The van der Waals surface area contributed by atoms with Gasteiger partial charge in [0.05, 0.1) is 6.10 Å². The van der Waals surface area contributed by atoms with Crippen LogP contribution in [0, 0.1) is 0 Å². The first-order valence-electron chi connectivity index (χ1n) is 7.08. The zero-order valence-corrected chi connectivity index (χ0v) is 12.4. The average Bonchev–Trinajstić information content (AvgIpc) is 2.67. The van der Waals surface area contributed by atoms with Gasteiger partial charge in [0.15, 0.2) is 0 Å². The molecule has 1 fully saturated rings. The Bertz CT molecular complexity index is 287. The molecule has 2 unspecified atom stereocenters. The van der Waals surface area contributed by atoms with E-state index in [-0.39, 0.29) is 12.2 Å². The minimum atomic E-state index is -0.347. The van der Waals surface area contributed by atoms with Gasteiger partial charge in [-0.3, -0.25) is 0 Å². The highest BCUT2D eigenvalue weighted by molar-refractivity contribution is 5.18. The van der Waals surface area contributed by atoms with E-state index in [0.29, 0.717) is 0 Å². The maximum absolute atomic E-state index is 9.88. The van der Waals surface area contributed by atoms with Crippen molar-refractivity contribution in [3.05, 3.63) is 35.9 Å². The van der Waals surface area contributed by atoms with Crippen LogP contribution in [0.1, 0.15) is 51.2 Å². The van der Waals surface area contributed by atoms with E-state index in [1.54, 1.807) is 0 Å². The van der Waals surface area contributed by atoms with Crippen LogP contribution in [-0.4, -0.2) is 30.0 Å². The fraction of sp³-hybridized carbons (Fsp3) is 0.625. The second-order valence-corrected chi connectivity index (χ2v) is 4.47. The molecule has 1 aromatic carbocycles. The van der Waals surface area contributed by atoms with Crippen LogP contribution in [0.5, 0.6) is 0 Å². The summed E-state index contributed by atoms with van der Waals surface area (Å²) in [6, 6.07) is 9.97. The number of hydrogen-bond donors (Lipinski definition) is 2. The highest BCUT2D eigenvalue weighted by Crippen LogP contribution is 2.27. The smallest absolute Gasteiger partial charge is 0.108 e. The summed E-state index contributed by atoms with van der Waals surface area (Å²) in [4.78, 5) is 0. The van der Waals surface area contributed by atoms with E-state index >= 15 is 0 Å². The molecule has 2 rings (SSSR count). The molecule has 3 heteroatoms. The van der Waals surface area contributed by atoms with E-state index in [1.807, 2.05) is 30.3 Å². The Kier molecular flexibility index (Phi) is 11.6. The summed E-state index contributed by atoms with van der Waals surface area (Å²) in [6.45, 7) is 5.01. The van der Waals surface area contributed by atoms with E-state index in [4.69, 9.17) is 9.84 Å². The number of rotatable bonds is 1. The molecule has 2 N–H and O–H groups in total. The van der Waals surface area contributed by atoms with E-state index < -0.39 is 0 Å². The predicted molar refractivity (Wildman–Crippen MR) is 79.1 cm³/mol. The fourth-order valence-corrected chi connectivity index (χ4v) is 1.89. The molecule has 0 bridgehead atoms. The molecule has 1 aliphatic rings. The van der Waals surface area contributed by atoms with E-state index in [2.05, 4.69) is 13.8 Å². The summed E-state index contributed by atoms with van der Waals surface area (Å²) in [5.41, 5.74) is 1.09. The van der Waals surface area contributed by atoms with Crippen molar-refractivity contribution in [2.24, 2.45) is 0 Å². The molecule has 0 saturated carbocycles. The SMILES string of the molecule is CCC.CO.OC1CCCCOC1c1ccccc1. The third-order valence-electron chi connectivity index (χ3n) is 2.67. The highest BCUT2D eigenvalue weighted by atomic mass is 16.5. The molecule has 0 radical (unpaired) electrons. The number of aliphatic hydroxyl groups excluding tert-OH is 2. The van der Waals surface area contributed by atoms with E-state index in [9.17, 15) is 5.11 Å². The second kappa shape index (κ2) is 12.2. The molecular formula is C16H28O3. The predicted octanol–water partition coefficient (Wildman–Crippen LogP) is 3.31. The first kappa shape index (κ1) is 18.1. The Balaban J connectivity index is 0.000000573. The Labute approximate surface area is 117 Å². The summed E-state index contributed by atoms with van der Waals surface area (Å²) in [6.07, 6.45) is 3.74. The molecule has 1 aliphatic heterocycles. The quantitative estimate of drug-likeness (QED) is 0.821. The summed E-state index contributed by atoms with van der Waals surface area (Å²) in [5.74, 6) is 0. The lowest BCUT2D eigenvalue weighted by Gasteiger charge is -2.20. The second-order valence-electron chi connectivity index (χ2n) is 4.47. The number of aliphatic hydroxyl groups is 2. The van der Waals surface area contributed by atoms with Crippen molar-refractivity contribution < 1.29 is 14.9 Å². The van der Waals surface area contributed by atoms with Gasteiger partial charge in [0, 0.05) is 13.7 Å². The van der Waals surface area contributed by atoms with Gasteiger partial charge in [0.2, 0.25) is 0 Å². The topological polar surface area (TPSA) is 49.7 Å². The summed E-state index contributed by atoms with van der Waals surface area (Å²) >= 11 is 0. The maximum Gasteiger partial charge on any atom is 0.108 e. The van der Waals surface area contributed by atoms with Crippen LogP contribution in [0.2, 0.25) is 0 Å². The third kappa shape index (κ3) is 7.31. The first-order chi connectivity index (χ1) is 9.29. The lowest BCUT2D eigenvalue weighted by molar-refractivity contribution is -0.0269. The largest absolute Gasteiger partial charge is 0.400 e. The van der Waals surface area contributed by atoms with Crippen LogP contribution in [-0.2, 0) is 4.74 Å². The van der Waals surface area contributed by atoms with Crippen LogP contribution < -0.4 is 0 Å². The van der Waals surface area contributed by atoms with Crippen molar-refractivity contribution in [1.82, 2.24) is 0 Å². The van der Waals surface area contributed by atoms with Crippen LogP contribution in [0.25, 0.3) is 0 Å². The van der Waals surface area contributed by atoms with Gasteiger partial charge in [-0.15, -0.1) is 0 Å². The molecular weight excluding hydrogens is 240 g/mol. The molecule has 1 heterocycles. The third-order valence-corrected chi connectivity index (χ3v) is 2.67. The molecule has 19 heavy (non-hydrogen) atoms. The Morgan fingerprint density at radius 3 is 2.26 bits per heavy atom. The minimum Gasteiger partial charge on any atom is -0.400 e. The van der Waals surface area contributed by atoms with E-state index in [0.717, 1.165) is 38.5 Å². The van der Waals surface area contributed by atoms with Crippen molar-refractivity contribution in [2.75, 3.05) is 13.7 Å². The normalized spacial score (nSPS) is 22.2. The number of ether oxygens (including phenoxy) is 1. The molecule has 0 aliphatic carbocycles. The van der Waals surface area contributed by atoms with Crippen LogP contribution >= 0.6 is 0 Å². The molecule has 0 spiro atoms. The average molecular weight is 268 g/mol. The van der Waals surface area contributed by atoms with Gasteiger partial charge in [-0.2, -0.15) is 0 Å².